The summed E-state index contributed by atoms with van der Waals surface area (Å²) in [5.74, 6) is -0.514. The SMILES string of the molecule is COC(=O)C(c1ccccc1Cl)N1CCN(CC(=O)Nc2cccnc2Cl)CC1. The minimum absolute atomic E-state index is 0.163. The third kappa shape index (κ3) is 5.45. The van der Waals surface area contributed by atoms with Gasteiger partial charge in [0.05, 0.1) is 19.3 Å². The van der Waals surface area contributed by atoms with Crippen LogP contribution in [0.25, 0.3) is 0 Å². The first-order valence-corrected chi connectivity index (χ1v) is 9.94. The van der Waals surface area contributed by atoms with Gasteiger partial charge in [0.15, 0.2) is 5.15 Å². The van der Waals surface area contributed by atoms with E-state index in [9.17, 15) is 9.59 Å². The Morgan fingerprint density at radius 3 is 2.52 bits per heavy atom. The van der Waals surface area contributed by atoms with E-state index < -0.39 is 6.04 Å². The highest BCUT2D eigenvalue weighted by molar-refractivity contribution is 6.32. The number of nitrogens with one attached hydrogen (secondary N) is 1. The summed E-state index contributed by atoms with van der Waals surface area (Å²) < 4.78 is 5.01. The minimum Gasteiger partial charge on any atom is -0.468 e. The molecule has 1 saturated heterocycles. The van der Waals surface area contributed by atoms with Crippen molar-refractivity contribution in [2.45, 2.75) is 6.04 Å². The molecule has 1 atom stereocenters. The molecule has 1 fully saturated rings. The highest BCUT2D eigenvalue weighted by Gasteiger charge is 2.32. The first-order valence-electron chi connectivity index (χ1n) is 9.18. The summed E-state index contributed by atoms with van der Waals surface area (Å²) in [5, 5.41) is 3.55. The lowest BCUT2D eigenvalue weighted by Gasteiger charge is -2.38. The second kappa shape index (κ2) is 10.0. The number of carbonyl (C=O) groups is 2. The van der Waals surface area contributed by atoms with Crippen molar-refractivity contribution < 1.29 is 14.3 Å². The summed E-state index contributed by atoms with van der Waals surface area (Å²) in [7, 11) is 1.37. The molecule has 9 heteroatoms. The Morgan fingerprint density at radius 2 is 1.86 bits per heavy atom. The average molecular weight is 437 g/mol. The number of esters is 1. The second-order valence-corrected chi connectivity index (χ2v) is 7.41. The van der Waals surface area contributed by atoms with Crippen LogP contribution in [0, 0.1) is 0 Å². The standard InChI is InChI=1S/C20H22Cl2N4O3/c1-29-20(28)18(14-5-2-3-6-15(14)21)26-11-9-25(10-12-26)13-17(27)24-16-7-4-8-23-19(16)22/h2-8,18H,9-13H2,1H3,(H,24,27). The number of hydrogen-bond acceptors (Lipinski definition) is 6. The number of hydrogen-bond donors (Lipinski definition) is 1. The fourth-order valence-electron chi connectivity index (χ4n) is 3.33. The van der Waals surface area contributed by atoms with Gasteiger partial charge in [0.1, 0.15) is 6.04 Å². The molecule has 1 N–H and O–H groups in total. The molecule has 29 heavy (non-hydrogen) atoms. The maximum Gasteiger partial charge on any atom is 0.327 e. The topological polar surface area (TPSA) is 74.8 Å². The molecule has 0 spiro atoms. The van der Waals surface area contributed by atoms with E-state index in [1.54, 1.807) is 24.4 Å². The van der Waals surface area contributed by atoms with E-state index in [4.69, 9.17) is 27.9 Å². The number of piperazine rings is 1. The van der Waals surface area contributed by atoms with Crippen LogP contribution in [0.1, 0.15) is 11.6 Å². The summed E-state index contributed by atoms with van der Waals surface area (Å²) in [6.45, 7) is 2.70. The molecule has 154 valence electrons. The molecular weight excluding hydrogens is 415 g/mol. The predicted octanol–water partition coefficient (Wildman–Crippen LogP) is 2.86. The summed E-state index contributed by atoms with van der Waals surface area (Å²) in [6, 6.07) is 10.1. The maximum atomic E-state index is 12.4. The van der Waals surface area contributed by atoms with Gasteiger partial charge in [0.25, 0.3) is 0 Å². The van der Waals surface area contributed by atoms with Gasteiger partial charge in [0.2, 0.25) is 5.91 Å². The van der Waals surface area contributed by atoms with Crippen LogP contribution in [0.2, 0.25) is 10.2 Å². The molecule has 0 radical (unpaired) electrons. The van der Waals surface area contributed by atoms with Crippen LogP contribution in [0.15, 0.2) is 42.6 Å². The lowest BCUT2D eigenvalue weighted by Crippen LogP contribution is -2.51. The number of carbonyl (C=O) groups excluding carboxylic acids is 2. The van der Waals surface area contributed by atoms with Gasteiger partial charge in [-0.25, -0.2) is 9.78 Å². The van der Waals surface area contributed by atoms with Gasteiger partial charge in [-0.15, -0.1) is 0 Å². The van der Waals surface area contributed by atoms with Gasteiger partial charge in [-0.3, -0.25) is 14.6 Å². The third-order valence-electron chi connectivity index (χ3n) is 4.80. The van der Waals surface area contributed by atoms with E-state index in [0.29, 0.717) is 36.9 Å². The van der Waals surface area contributed by atoms with Crippen molar-refractivity contribution >= 4 is 40.8 Å². The molecule has 7 nitrogen and oxygen atoms in total. The third-order valence-corrected chi connectivity index (χ3v) is 5.44. The molecule has 1 aromatic heterocycles. The molecule has 0 aliphatic carbocycles. The lowest BCUT2D eigenvalue weighted by molar-refractivity contribution is -0.148. The molecule has 1 aromatic carbocycles. The number of anilines is 1. The van der Waals surface area contributed by atoms with E-state index in [-0.39, 0.29) is 23.6 Å². The molecule has 0 saturated carbocycles. The highest BCUT2D eigenvalue weighted by Crippen LogP contribution is 2.29. The summed E-state index contributed by atoms with van der Waals surface area (Å²) >= 11 is 12.3. The molecule has 2 heterocycles. The quantitative estimate of drug-likeness (QED) is 0.554. The van der Waals surface area contributed by atoms with Crippen molar-refractivity contribution in [3.05, 3.63) is 58.3 Å². The van der Waals surface area contributed by atoms with Crippen LogP contribution in [0.5, 0.6) is 0 Å². The molecule has 1 amide bonds. The second-order valence-electron chi connectivity index (χ2n) is 6.65. The van der Waals surface area contributed by atoms with Crippen molar-refractivity contribution in [1.82, 2.24) is 14.8 Å². The number of pyridine rings is 1. The Hall–Kier alpha value is -2.19. The number of methoxy groups -OCH3 is 1. The van der Waals surface area contributed by atoms with Gasteiger partial charge in [-0.1, -0.05) is 41.4 Å². The molecule has 3 rings (SSSR count). The van der Waals surface area contributed by atoms with E-state index >= 15 is 0 Å². The van der Waals surface area contributed by atoms with E-state index in [1.165, 1.54) is 7.11 Å². The monoisotopic (exact) mass is 436 g/mol. The van der Waals surface area contributed by atoms with Gasteiger partial charge >= 0.3 is 5.97 Å². The van der Waals surface area contributed by atoms with Crippen molar-refractivity contribution in [3.8, 4) is 0 Å². The number of halogens is 2. The van der Waals surface area contributed by atoms with Gasteiger partial charge in [-0.05, 0) is 23.8 Å². The van der Waals surface area contributed by atoms with Crippen LogP contribution >= 0.6 is 23.2 Å². The Labute approximate surface area is 179 Å². The first kappa shape index (κ1) is 21.5. The molecular formula is C20H22Cl2N4O3. The van der Waals surface area contributed by atoms with Crippen molar-refractivity contribution in [1.29, 1.82) is 0 Å². The Morgan fingerprint density at radius 1 is 1.14 bits per heavy atom. The number of nitrogens with zero attached hydrogens (tertiary/aromatic N) is 3. The Bertz CT molecular complexity index is 872. The summed E-state index contributed by atoms with van der Waals surface area (Å²) in [6.07, 6.45) is 1.56. The first-order chi connectivity index (χ1) is 14.0. The molecule has 0 bridgehead atoms. The molecule has 1 aliphatic rings. The largest absolute Gasteiger partial charge is 0.468 e. The van der Waals surface area contributed by atoms with Gasteiger partial charge < -0.3 is 10.1 Å². The van der Waals surface area contributed by atoms with Crippen molar-refractivity contribution in [2.75, 3.05) is 45.2 Å². The summed E-state index contributed by atoms with van der Waals surface area (Å²) in [5.41, 5.74) is 1.21. The lowest BCUT2D eigenvalue weighted by atomic mass is 10.0. The molecule has 1 unspecified atom stereocenters. The Kier molecular flexibility index (Phi) is 7.44. The van der Waals surface area contributed by atoms with Crippen molar-refractivity contribution in [3.63, 3.8) is 0 Å². The number of rotatable bonds is 6. The summed E-state index contributed by atoms with van der Waals surface area (Å²) in [4.78, 5) is 32.8. The van der Waals surface area contributed by atoms with E-state index in [2.05, 4.69) is 10.3 Å². The van der Waals surface area contributed by atoms with Gasteiger partial charge in [0, 0.05) is 37.4 Å². The van der Waals surface area contributed by atoms with Crippen molar-refractivity contribution in [2.24, 2.45) is 0 Å². The molecule has 1 aliphatic heterocycles. The zero-order chi connectivity index (χ0) is 20.8. The highest BCUT2D eigenvalue weighted by atomic mass is 35.5. The number of amides is 1. The fraction of sp³-hybridized carbons (Fsp3) is 0.350. The molecule has 2 aromatic rings. The number of aromatic nitrogens is 1. The zero-order valence-electron chi connectivity index (χ0n) is 16.0. The minimum atomic E-state index is -0.570. The average Bonchev–Trinajstić information content (AvgIpc) is 2.72. The smallest absolute Gasteiger partial charge is 0.327 e. The predicted molar refractivity (Wildman–Crippen MR) is 112 cm³/mol. The maximum absolute atomic E-state index is 12.4. The zero-order valence-corrected chi connectivity index (χ0v) is 17.5. The fourth-order valence-corrected chi connectivity index (χ4v) is 3.74. The van der Waals surface area contributed by atoms with Crippen LogP contribution in [-0.2, 0) is 14.3 Å². The van der Waals surface area contributed by atoms with Crippen LogP contribution in [0.3, 0.4) is 0 Å². The van der Waals surface area contributed by atoms with Crippen LogP contribution in [-0.4, -0.2) is 66.5 Å². The van der Waals surface area contributed by atoms with Crippen LogP contribution in [0.4, 0.5) is 5.69 Å². The number of ether oxygens (including phenoxy) is 1. The van der Waals surface area contributed by atoms with E-state index in [0.717, 1.165) is 5.56 Å². The van der Waals surface area contributed by atoms with Gasteiger partial charge in [-0.2, -0.15) is 0 Å². The normalized spacial score (nSPS) is 16.2. The Balaban J connectivity index is 1.60. The number of benzene rings is 1. The van der Waals surface area contributed by atoms with Crippen LogP contribution < -0.4 is 5.32 Å². The van der Waals surface area contributed by atoms with E-state index in [1.807, 2.05) is 28.0 Å².